The van der Waals surface area contributed by atoms with Crippen molar-refractivity contribution < 1.29 is 8.42 Å². The van der Waals surface area contributed by atoms with Crippen LogP contribution in [0.1, 0.15) is 19.8 Å². The van der Waals surface area contributed by atoms with E-state index in [0.29, 0.717) is 23.9 Å². The Balaban J connectivity index is 2.16. The summed E-state index contributed by atoms with van der Waals surface area (Å²) in [5, 5.41) is 3.34. The molecule has 1 N–H and O–H groups in total. The molecule has 1 aromatic carbocycles. The number of piperidine rings is 1. The van der Waals surface area contributed by atoms with Crippen LogP contribution in [0.25, 0.3) is 0 Å². The summed E-state index contributed by atoms with van der Waals surface area (Å²) < 4.78 is 27.7. The fraction of sp³-hybridized carbons (Fsp3) is 0.571. The summed E-state index contributed by atoms with van der Waals surface area (Å²) in [6.45, 7) is 4.95. The van der Waals surface area contributed by atoms with Crippen molar-refractivity contribution in [2.75, 3.05) is 26.2 Å². The van der Waals surface area contributed by atoms with E-state index in [0.717, 1.165) is 30.4 Å². The number of sulfonamides is 1. The smallest absolute Gasteiger partial charge is 0.243 e. The summed E-state index contributed by atoms with van der Waals surface area (Å²) in [4.78, 5) is 0.359. The molecule has 1 saturated heterocycles. The number of halogens is 1. The van der Waals surface area contributed by atoms with Gasteiger partial charge in [0.15, 0.2) is 0 Å². The summed E-state index contributed by atoms with van der Waals surface area (Å²) in [5.74, 6) is 0.408. The standard InChI is InChI=1S/C14H21BrN2O2S/c1-2-17(11-12-5-4-8-16-10-12)20(18,19)14-7-3-6-13(15)9-14/h3,6-7,9,12,16H,2,4-5,8,10-11H2,1H3. The van der Waals surface area contributed by atoms with Gasteiger partial charge in [-0.2, -0.15) is 4.31 Å². The van der Waals surface area contributed by atoms with E-state index < -0.39 is 10.0 Å². The Bertz CT molecular complexity index is 542. The molecule has 1 atom stereocenters. The Morgan fingerprint density at radius 2 is 2.25 bits per heavy atom. The van der Waals surface area contributed by atoms with Gasteiger partial charge in [-0.15, -0.1) is 0 Å². The van der Waals surface area contributed by atoms with Crippen LogP contribution < -0.4 is 5.32 Å². The predicted octanol–water partition coefficient (Wildman–Crippen LogP) is 2.46. The van der Waals surface area contributed by atoms with Gasteiger partial charge in [0.1, 0.15) is 0 Å². The van der Waals surface area contributed by atoms with E-state index in [2.05, 4.69) is 21.2 Å². The Kier molecular flexibility index (Phi) is 5.60. The number of benzene rings is 1. The molecule has 0 spiro atoms. The van der Waals surface area contributed by atoms with Crippen molar-refractivity contribution in [2.45, 2.75) is 24.7 Å². The maximum Gasteiger partial charge on any atom is 0.243 e. The maximum absolute atomic E-state index is 12.7. The molecule has 0 aliphatic carbocycles. The van der Waals surface area contributed by atoms with Gasteiger partial charge < -0.3 is 5.32 Å². The fourth-order valence-corrected chi connectivity index (χ4v) is 4.66. The van der Waals surface area contributed by atoms with Crippen LogP contribution in [0.4, 0.5) is 0 Å². The SMILES string of the molecule is CCN(CC1CCCNC1)S(=O)(=O)c1cccc(Br)c1. The molecule has 0 radical (unpaired) electrons. The first-order chi connectivity index (χ1) is 9.54. The van der Waals surface area contributed by atoms with Gasteiger partial charge >= 0.3 is 0 Å². The number of hydrogen-bond donors (Lipinski definition) is 1. The first kappa shape index (κ1) is 15.9. The van der Waals surface area contributed by atoms with Crippen molar-refractivity contribution in [2.24, 2.45) is 5.92 Å². The minimum Gasteiger partial charge on any atom is -0.316 e. The van der Waals surface area contributed by atoms with Gasteiger partial charge in [-0.05, 0) is 50.0 Å². The molecular weight excluding hydrogens is 340 g/mol. The second-order valence-corrected chi connectivity index (χ2v) is 7.98. The highest BCUT2D eigenvalue weighted by molar-refractivity contribution is 9.10. The highest BCUT2D eigenvalue weighted by atomic mass is 79.9. The second kappa shape index (κ2) is 7.02. The van der Waals surface area contributed by atoms with Crippen LogP contribution in [0.2, 0.25) is 0 Å². The highest BCUT2D eigenvalue weighted by Gasteiger charge is 2.26. The summed E-state index contributed by atoms with van der Waals surface area (Å²) in [5.41, 5.74) is 0. The lowest BCUT2D eigenvalue weighted by atomic mass is 10.00. The monoisotopic (exact) mass is 360 g/mol. The third kappa shape index (κ3) is 3.81. The molecule has 0 aromatic heterocycles. The molecule has 0 saturated carbocycles. The third-order valence-electron chi connectivity index (χ3n) is 3.65. The molecule has 4 nitrogen and oxygen atoms in total. The van der Waals surface area contributed by atoms with Crippen LogP contribution in [0.5, 0.6) is 0 Å². The van der Waals surface area contributed by atoms with E-state index in [9.17, 15) is 8.42 Å². The number of nitrogens with zero attached hydrogens (tertiary/aromatic N) is 1. The molecule has 112 valence electrons. The summed E-state index contributed by atoms with van der Waals surface area (Å²) >= 11 is 3.33. The zero-order chi connectivity index (χ0) is 14.6. The zero-order valence-electron chi connectivity index (χ0n) is 11.7. The van der Waals surface area contributed by atoms with Crippen molar-refractivity contribution in [3.05, 3.63) is 28.7 Å². The zero-order valence-corrected chi connectivity index (χ0v) is 14.1. The van der Waals surface area contributed by atoms with E-state index in [1.165, 1.54) is 0 Å². The molecule has 1 fully saturated rings. The third-order valence-corrected chi connectivity index (χ3v) is 6.08. The van der Waals surface area contributed by atoms with Crippen LogP contribution in [0.3, 0.4) is 0 Å². The van der Waals surface area contributed by atoms with Gasteiger partial charge in [0.05, 0.1) is 4.90 Å². The number of rotatable bonds is 5. The van der Waals surface area contributed by atoms with Crippen LogP contribution in [0, 0.1) is 5.92 Å². The van der Waals surface area contributed by atoms with Crippen LogP contribution in [-0.2, 0) is 10.0 Å². The van der Waals surface area contributed by atoms with Crippen molar-refractivity contribution in [1.82, 2.24) is 9.62 Å². The summed E-state index contributed by atoms with van der Waals surface area (Å²) in [7, 11) is -3.40. The van der Waals surface area contributed by atoms with Gasteiger partial charge in [0.25, 0.3) is 0 Å². The molecule has 1 aliphatic rings. The number of nitrogens with one attached hydrogen (secondary N) is 1. The van der Waals surface area contributed by atoms with Crippen molar-refractivity contribution >= 4 is 26.0 Å². The van der Waals surface area contributed by atoms with Gasteiger partial charge in [0, 0.05) is 17.6 Å². The quantitative estimate of drug-likeness (QED) is 0.877. The molecule has 0 amide bonds. The fourth-order valence-electron chi connectivity index (χ4n) is 2.54. The largest absolute Gasteiger partial charge is 0.316 e. The molecular formula is C14H21BrN2O2S. The van der Waals surface area contributed by atoms with Gasteiger partial charge in [0.2, 0.25) is 10.0 Å². The molecule has 1 aliphatic heterocycles. The minimum atomic E-state index is -3.40. The molecule has 1 unspecified atom stereocenters. The molecule has 1 heterocycles. The van der Waals surface area contributed by atoms with E-state index >= 15 is 0 Å². The lowest BCUT2D eigenvalue weighted by Gasteiger charge is -2.29. The van der Waals surface area contributed by atoms with Crippen molar-refractivity contribution in [3.63, 3.8) is 0 Å². The normalized spacial score (nSPS) is 20.2. The predicted molar refractivity (Wildman–Crippen MR) is 84.2 cm³/mol. The van der Waals surface area contributed by atoms with E-state index in [1.807, 2.05) is 13.0 Å². The minimum absolute atomic E-state index is 0.359. The van der Waals surface area contributed by atoms with Gasteiger partial charge in [-0.1, -0.05) is 28.9 Å². The van der Waals surface area contributed by atoms with Crippen LogP contribution in [-0.4, -0.2) is 38.9 Å². The lowest BCUT2D eigenvalue weighted by Crippen LogP contribution is -2.40. The number of hydrogen-bond acceptors (Lipinski definition) is 3. The van der Waals surface area contributed by atoms with Crippen LogP contribution in [0.15, 0.2) is 33.6 Å². The first-order valence-electron chi connectivity index (χ1n) is 7.00. The van der Waals surface area contributed by atoms with Crippen molar-refractivity contribution in [1.29, 1.82) is 0 Å². The Labute approximate surface area is 129 Å². The second-order valence-electron chi connectivity index (χ2n) is 5.13. The summed E-state index contributed by atoms with van der Waals surface area (Å²) in [6, 6.07) is 6.91. The Morgan fingerprint density at radius 3 is 2.85 bits per heavy atom. The van der Waals surface area contributed by atoms with Gasteiger partial charge in [-0.25, -0.2) is 8.42 Å². The molecule has 0 bridgehead atoms. The average Bonchev–Trinajstić information content (AvgIpc) is 2.45. The molecule has 6 heteroatoms. The topological polar surface area (TPSA) is 49.4 Å². The maximum atomic E-state index is 12.7. The van der Waals surface area contributed by atoms with E-state index in [4.69, 9.17) is 0 Å². The summed E-state index contributed by atoms with van der Waals surface area (Å²) in [6.07, 6.45) is 2.22. The van der Waals surface area contributed by atoms with E-state index in [-0.39, 0.29) is 0 Å². The molecule has 1 aromatic rings. The van der Waals surface area contributed by atoms with Gasteiger partial charge in [-0.3, -0.25) is 0 Å². The average molecular weight is 361 g/mol. The highest BCUT2D eigenvalue weighted by Crippen LogP contribution is 2.22. The van der Waals surface area contributed by atoms with E-state index in [1.54, 1.807) is 22.5 Å². The molecule has 20 heavy (non-hydrogen) atoms. The van der Waals surface area contributed by atoms with Crippen molar-refractivity contribution in [3.8, 4) is 0 Å². The lowest BCUT2D eigenvalue weighted by molar-refractivity contribution is 0.298. The first-order valence-corrected chi connectivity index (χ1v) is 9.23. The Morgan fingerprint density at radius 1 is 1.45 bits per heavy atom. The molecule has 2 rings (SSSR count). The Hall–Kier alpha value is -0.430. The van der Waals surface area contributed by atoms with Crippen LogP contribution >= 0.6 is 15.9 Å².